The molecule has 0 saturated heterocycles. The molecule has 0 aliphatic carbocycles. The van der Waals surface area contributed by atoms with E-state index in [9.17, 15) is 15.6 Å². The topological polar surface area (TPSA) is 162 Å². The van der Waals surface area contributed by atoms with Crippen LogP contribution < -0.4 is 10.5 Å². The number of aliphatic hydroxyl groups is 2. The summed E-state index contributed by atoms with van der Waals surface area (Å²) in [6, 6.07) is 16.4. The number of nitrogen functional groups attached to an aromatic ring is 1. The maximum Gasteiger partial charge on any atom is 0.226 e. The Hall–Kier alpha value is -4.06. The number of rotatable bonds is 9. The van der Waals surface area contributed by atoms with Gasteiger partial charge in [0.1, 0.15) is 53.3 Å². The number of aliphatic hydroxyl groups excluding tert-OH is 2. The average Bonchev–Trinajstić information content (AvgIpc) is 3.41. The summed E-state index contributed by atoms with van der Waals surface area (Å²) in [4.78, 5) is 8.86. The Kier molecular flexibility index (Phi) is 8.52. The van der Waals surface area contributed by atoms with E-state index in [4.69, 9.17) is 31.6 Å². The van der Waals surface area contributed by atoms with Crippen LogP contribution in [0.1, 0.15) is 22.4 Å². The molecule has 2 heterocycles. The maximum atomic E-state index is 10.0. The molecule has 0 spiro atoms. The minimum absolute atomic E-state index is 0.00729. The van der Waals surface area contributed by atoms with Crippen molar-refractivity contribution in [3.8, 4) is 40.5 Å². The number of aryl methyl sites for hydroxylation is 1. The fourth-order valence-corrected chi connectivity index (χ4v) is 4.57. The first kappa shape index (κ1) is 27.0. The van der Waals surface area contributed by atoms with E-state index in [0.29, 0.717) is 44.3 Å². The van der Waals surface area contributed by atoms with Gasteiger partial charge in [0.2, 0.25) is 5.89 Å². The number of anilines is 1. The molecule has 4 N–H and O–H groups in total. The van der Waals surface area contributed by atoms with Crippen LogP contribution in [-0.2, 0) is 5.75 Å². The number of ether oxygens (including phenoxy) is 1. The zero-order valence-corrected chi connectivity index (χ0v) is 21.8. The number of thioether (sulfide) groups is 1. The van der Waals surface area contributed by atoms with Gasteiger partial charge in [0.25, 0.3) is 0 Å². The van der Waals surface area contributed by atoms with Gasteiger partial charge in [0, 0.05) is 21.9 Å². The molecule has 4 aromatic rings. The Bertz CT molecular complexity index is 1540. The lowest BCUT2D eigenvalue weighted by Crippen LogP contribution is -2.21. The van der Waals surface area contributed by atoms with Gasteiger partial charge in [-0.2, -0.15) is 10.5 Å². The molecule has 192 valence electrons. The molecule has 0 bridgehead atoms. The molecule has 38 heavy (non-hydrogen) atoms. The number of oxazole rings is 1. The first-order valence-electron chi connectivity index (χ1n) is 11.3. The lowest BCUT2D eigenvalue weighted by atomic mass is 9.97. The van der Waals surface area contributed by atoms with E-state index < -0.39 is 12.7 Å². The molecular formula is C27H22ClN5O4S. The van der Waals surface area contributed by atoms with E-state index in [1.54, 1.807) is 36.6 Å². The third-order valence-electron chi connectivity index (χ3n) is 5.53. The van der Waals surface area contributed by atoms with Gasteiger partial charge in [-0.1, -0.05) is 35.5 Å². The second kappa shape index (κ2) is 12.0. The number of nitrogens with two attached hydrogens (primary N) is 1. The highest BCUT2D eigenvalue weighted by Crippen LogP contribution is 2.37. The number of hydrogen-bond donors (Lipinski definition) is 3. The molecule has 0 amide bonds. The molecule has 0 aliphatic rings. The molecule has 11 heteroatoms. The number of nitrogens with zero attached hydrogens (tertiary/aromatic N) is 4. The summed E-state index contributed by atoms with van der Waals surface area (Å²) in [7, 11) is 0. The number of benzene rings is 2. The SMILES string of the molecule is Cc1cc(-c2nc(CSc3nc(N)c(C#N)c(-c4ccc(OC[C@@H](O)CO)cc4)c3C#N)co2)ccc1Cl. The molecule has 0 unspecified atom stereocenters. The number of pyridine rings is 1. The van der Waals surface area contributed by atoms with Crippen LogP contribution in [0.25, 0.3) is 22.6 Å². The molecule has 4 rings (SSSR count). The first-order valence-corrected chi connectivity index (χ1v) is 12.7. The third kappa shape index (κ3) is 5.91. The van der Waals surface area contributed by atoms with Crippen molar-refractivity contribution in [3.05, 3.63) is 76.1 Å². The average molecular weight is 548 g/mol. The normalized spacial score (nSPS) is 11.5. The highest BCUT2D eigenvalue weighted by Gasteiger charge is 2.21. The van der Waals surface area contributed by atoms with E-state index in [0.717, 1.165) is 11.1 Å². The molecule has 0 fully saturated rings. The van der Waals surface area contributed by atoms with Gasteiger partial charge < -0.3 is 25.1 Å². The predicted molar refractivity (Wildman–Crippen MR) is 143 cm³/mol. The fourth-order valence-electron chi connectivity index (χ4n) is 3.58. The van der Waals surface area contributed by atoms with Gasteiger partial charge in [-0.05, 0) is 48.4 Å². The van der Waals surface area contributed by atoms with E-state index in [1.807, 2.05) is 19.1 Å². The molecule has 2 aromatic carbocycles. The Morgan fingerprint density at radius 1 is 1.11 bits per heavy atom. The molecular weight excluding hydrogens is 526 g/mol. The van der Waals surface area contributed by atoms with Crippen LogP contribution in [0.5, 0.6) is 5.75 Å². The Morgan fingerprint density at radius 2 is 1.82 bits per heavy atom. The van der Waals surface area contributed by atoms with Crippen molar-refractivity contribution in [2.75, 3.05) is 18.9 Å². The standard InChI is InChI=1S/C27H22ClN5O4S/c1-15-8-17(4-7-23(15)28)26-32-18(12-37-26)14-38-27-22(10-30)24(21(9-29)25(31)33-27)16-2-5-20(6-3-16)36-13-19(35)11-34/h2-8,12,19,34-35H,11,13-14H2,1H3,(H2,31,33)/t19-/m0/s1. The lowest BCUT2D eigenvalue weighted by molar-refractivity contribution is 0.0536. The van der Waals surface area contributed by atoms with E-state index >= 15 is 0 Å². The minimum atomic E-state index is -0.999. The molecule has 0 aliphatic heterocycles. The van der Waals surface area contributed by atoms with Crippen molar-refractivity contribution in [3.63, 3.8) is 0 Å². The van der Waals surface area contributed by atoms with Gasteiger partial charge in [0.15, 0.2) is 0 Å². The van der Waals surface area contributed by atoms with Crippen molar-refractivity contribution in [2.24, 2.45) is 0 Å². The molecule has 1 atom stereocenters. The van der Waals surface area contributed by atoms with Gasteiger partial charge in [-0.3, -0.25) is 0 Å². The third-order valence-corrected chi connectivity index (χ3v) is 6.96. The zero-order valence-electron chi connectivity index (χ0n) is 20.2. The van der Waals surface area contributed by atoms with Gasteiger partial charge >= 0.3 is 0 Å². The number of hydrogen-bond acceptors (Lipinski definition) is 10. The molecule has 0 radical (unpaired) electrons. The largest absolute Gasteiger partial charge is 0.491 e. The van der Waals surface area contributed by atoms with Crippen molar-refractivity contribution in [1.82, 2.24) is 9.97 Å². The monoisotopic (exact) mass is 547 g/mol. The molecule has 2 aromatic heterocycles. The van der Waals surface area contributed by atoms with Crippen LogP contribution in [0.4, 0.5) is 5.82 Å². The second-order valence-electron chi connectivity index (χ2n) is 8.22. The predicted octanol–water partition coefficient (Wildman–Crippen LogP) is 4.72. The summed E-state index contributed by atoms with van der Waals surface area (Å²) >= 11 is 7.36. The van der Waals surface area contributed by atoms with Crippen molar-refractivity contribution in [1.29, 1.82) is 10.5 Å². The summed E-state index contributed by atoms with van der Waals surface area (Å²) in [5.74, 6) is 1.26. The minimum Gasteiger partial charge on any atom is -0.491 e. The summed E-state index contributed by atoms with van der Waals surface area (Å²) < 4.78 is 11.1. The Balaban J connectivity index is 1.60. The lowest BCUT2D eigenvalue weighted by Gasteiger charge is -2.14. The summed E-state index contributed by atoms with van der Waals surface area (Å²) in [6.07, 6.45) is 0.541. The van der Waals surface area contributed by atoms with Crippen LogP contribution in [0.2, 0.25) is 5.02 Å². The van der Waals surface area contributed by atoms with E-state index in [-0.39, 0.29) is 23.6 Å². The van der Waals surface area contributed by atoms with Crippen LogP contribution in [0.15, 0.2) is 58.2 Å². The summed E-state index contributed by atoms with van der Waals surface area (Å²) in [6.45, 7) is 1.41. The highest BCUT2D eigenvalue weighted by molar-refractivity contribution is 7.98. The van der Waals surface area contributed by atoms with Gasteiger partial charge in [-0.15, -0.1) is 0 Å². The molecule has 9 nitrogen and oxygen atoms in total. The highest BCUT2D eigenvalue weighted by atomic mass is 35.5. The van der Waals surface area contributed by atoms with Gasteiger partial charge in [0.05, 0.1) is 17.9 Å². The number of aromatic nitrogens is 2. The van der Waals surface area contributed by atoms with Crippen molar-refractivity contribution < 1.29 is 19.4 Å². The molecule has 0 saturated carbocycles. The summed E-state index contributed by atoms with van der Waals surface area (Å²) in [5.41, 5.74) is 9.70. The van der Waals surface area contributed by atoms with Crippen molar-refractivity contribution in [2.45, 2.75) is 23.8 Å². The van der Waals surface area contributed by atoms with E-state index in [2.05, 4.69) is 22.1 Å². The van der Waals surface area contributed by atoms with Crippen molar-refractivity contribution >= 4 is 29.2 Å². The second-order valence-corrected chi connectivity index (χ2v) is 9.59. The van der Waals surface area contributed by atoms with E-state index in [1.165, 1.54) is 11.8 Å². The van der Waals surface area contributed by atoms with Crippen LogP contribution >= 0.6 is 23.4 Å². The zero-order chi connectivity index (χ0) is 27.2. The number of nitriles is 2. The van der Waals surface area contributed by atoms with Crippen LogP contribution in [-0.4, -0.2) is 39.5 Å². The smallest absolute Gasteiger partial charge is 0.226 e. The van der Waals surface area contributed by atoms with Gasteiger partial charge in [-0.25, -0.2) is 9.97 Å². The Morgan fingerprint density at radius 3 is 2.47 bits per heavy atom. The van der Waals surface area contributed by atoms with Crippen LogP contribution in [0.3, 0.4) is 0 Å². The first-order chi connectivity index (χ1) is 18.3. The summed E-state index contributed by atoms with van der Waals surface area (Å²) in [5, 5.41) is 39.2. The maximum absolute atomic E-state index is 10.0. The Labute approximate surface area is 228 Å². The van der Waals surface area contributed by atoms with Crippen LogP contribution in [0, 0.1) is 29.6 Å². The number of halogens is 1. The fraction of sp³-hybridized carbons (Fsp3) is 0.185. The quantitative estimate of drug-likeness (QED) is 0.250.